The molecular formula is C14H18BF3O2S. The molecule has 0 bridgehead atoms. The van der Waals surface area contributed by atoms with E-state index in [0.29, 0.717) is 10.4 Å². The van der Waals surface area contributed by atoms with Crippen molar-refractivity contribution in [3.63, 3.8) is 0 Å². The molecule has 0 atom stereocenters. The highest BCUT2D eigenvalue weighted by atomic mass is 32.2. The Kier molecular flexibility index (Phi) is 4.15. The summed E-state index contributed by atoms with van der Waals surface area (Å²) in [6, 6.07) is 3.92. The van der Waals surface area contributed by atoms with Crippen LogP contribution < -0.4 is 5.46 Å². The smallest absolute Gasteiger partial charge is 0.399 e. The summed E-state index contributed by atoms with van der Waals surface area (Å²) >= 11 is 1.26. The Morgan fingerprint density at radius 3 is 1.95 bits per heavy atom. The molecule has 1 saturated heterocycles. The SMILES string of the molecule is CSc1cc(B2OC(C)(C)C(C)(C)O2)cc(C(F)(F)F)c1. The van der Waals surface area contributed by atoms with E-state index in [-0.39, 0.29) is 0 Å². The van der Waals surface area contributed by atoms with Crippen molar-refractivity contribution in [1.29, 1.82) is 0 Å². The Balaban J connectivity index is 2.42. The van der Waals surface area contributed by atoms with Crippen LogP contribution in [-0.2, 0) is 15.5 Å². The van der Waals surface area contributed by atoms with Gasteiger partial charge in [0.05, 0.1) is 16.8 Å². The van der Waals surface area contributed by atoms with Crippen LogP contribution in [0.25, 0.3) is 0 Å². The molecule has 0 saturated carbocycles. The van der Waals surface area contributed by atoms with Gasteiger partial charge in [0.2, 0.25) is 0 Å². The van der Waals surface area contributed by atoms with Gasteiger partial charge in [-0.15, -0.1) is 11.8 Å². The largest absolute Gasteiger partial charge is 0.494 e. The first-order valence-corrected chi connectivity index (χ1v) is 7.80. The van der Waals surface area contributed by atoms with Gasteiger partial charge in [-0.1, -0.05) is 6.07 Å². The third-order valence-corrected chi connectivity index (χ3v) is 4.72. The summed E-state index contributed by atoms with van der Waals surface area (Å²) in [5.74, 6) is 0. The van der Waals surface area contributed by atoms with Gasteiger partial charge in [0, 0.05) is 4.90 Å². The molecule has 1 aromatic carbocycles. The standard InChI is InChI=1S/C14H18BF3O2S/c1-12(2)13(3,4)20-15(19-12)10-6-9(14(16,17)18)7-11(8-10)21-5/h6-8H,1-5H3. The van der Waals surface area contributed by atoms with Crippen molar-refractivity contribution in [2.24, 2.45) is 0 Å². The molecule has 0 spiro atoms. The Hall–Kier alpha value is -0.655. The normalized spacial score (nSPS) is 20.9. The summed E-state index contributed by atoms with van der Waals surface area (Å²) in [5, 5.41) is 0. The highest BCUT2D eigenvalue weighted by molar-refractivity contribution is 7.98. The van der Waals surface area contributed by atoms with Crippen molar-refractivity contribution in [1.82, 2.24) is 0 Å². The lowest BCUT2D eigenvalue weighted by atomic mass is 9.78. The average Bonchev–Trinajstić information content (AvgIpc) is 2.57. The molecular weight excluding hydrogens is 300 g/mol. The van der Waals surface area contributed by atoms with Gasteiger partial charge in [-0.3, -0.25) is 0 Å². The average molecular weight is 318 g/mol. The minimum absolute atomic E-state index is 0.396. The van der Waals surface area contributed by atoms with E-state index in [9.17, 15) is 13.2 Å². The highest BCUT2D eigenvalue weighted by Gasteiger charge is 2.52. The molecule has 21 heavy (non-hydrogen) atoms. The fourth-order valence-electron chi connectivity index (χ4n) is 2.02. The second-order valence-corrected chi connectivity index (χ2v) is 6.96. The number of benzene rings is 1. The van der Waals surface area contributed by atoms with Gasteiger partial charge in [0.1, 0.15) is 0 Å². The maximum Gasteiger partial charge on any atom is 0.494 e. The summed E-state index contributed by atoms with van der Waals surface area (Å²) in [4.78, 5) is 0.537. The topological polar surface area (TPSA) is 18.5 Å². The van der Waals surface area contributed by atoms with Crippen LogP contribution in [-0.4, -0.2) is 24.6 Å². The van der Waals surface area contributed by atoms with Crippen LogP contribution in [0.1, 0.15) is 33.3 Å². The number of rotatable bonds is 2. The summed E-state index contributed by atoms with van der Waals surface area (Å²) < 4.78 is 50.6. The van der Waals surface area contributed by atoms with Crippen LogP contribution in [0.15, 0.2) is 23.1 Å². The van der Waals surface area contributed by atoms with E-state index >= 15 is 0 Å². The highest BCUT2D eigenvalue weighted by Crippen LogP contribution is 2.37. The first kappa shape index (κ1) is 16.7. The van der Waals surface area contributed by atoms with Crippen LogP contribution >= 0.6 is 11.8 Å². The minimum Gasteiger partial charge on any atom is -0.399 e. The molecule has 2 rings (SSSR count). The Bertz CT molecular complexity index is 528. The molecule has 1 aromatic rings. The molecule has 2 nitrogen and oxygen atoms in total. The van der Waals surface area contributed by atoms with Crippen molar-refractivity contribution in [3.8, 4) is 0 Å². The number of hydrogen-bond donors (Lipinski definition) is 0. The zero-order chi connectivity index (χ0) is 16.1. The molecule has 0 aliphatic carbocycles. The maximum atomic E-state index is 13.0. The molecule has 0 radical (unpaired) electrons. The van der Waals surface area contributed by atoms with Gasteiger partial charge in [0.25, 0.3) is 0 Å². The van der Waals surface area contributed by atoms with Crippen LogP contribution in [0.5, 0.6) is 0 Å². The zero-order valence-corrected chi connectivity index (χ0v) is 13.5. The van der Waals surface area contributed by atoms with Crippen LogP contribution in [0.4, 0.5) is 13.2 Å². The fourth-order valence-corrected chi connectivity index (χ4v) is 2.52. The van der Waals surface area contributed by atoms with Crippen molar-refractivity contribution >= 4 is 24.3 Å². The monoisotopic (exact) mass is 318 g/mol. The second-order valence-electron chi connectivity index (χ2n) is 6.08. The number of halogens is 3. The van der Waals surface area contributed by atoms with Crippen LogP contribution in [0, 0.1) is 0 Å². The molecule has 0 amide bonds. The van der Waals surface area contributed by atoms with Crippen molar-refractivity contribution in [3.05, 3.63) is 23.8 Å². The van der Waals surface area contributed by atoms with Gasteiger partial charge >= 0.3 is 13.3 Å². The minimum atomic E-state index is -4.38. The molecule has 1 aliphatic rings. The van der Waals surface area contributed by atoms with E-state index in [0.717, 1.165) is 12.1 Å². The molecule has 0 aromatic heterocycles. The lowest BCUT2D eigenvalue weighted by Crippen LogP contribution is -2.41. The molecule has 1 heterocycles. The van der Waals surface area contributed by atoms with Gasteiger partial charge in [-0.05, 0) is 51.5 Å². The van der Waals surface area contributed by atoms with Crippen molar-refractivity contribution < 1.29 is 22.5 Å². The van der Waals surface area contributed by atoms with Crippen LogP contribution in [0.2, 0.25) is 0 Å². The number of alkyl halides is 3. The lowest BCUT2D eigenvalue weighted by Gasteiger charge is -2.32. The molecule has 0 unspecified atom stereocenters. The molecule has 1 aliphatic heterocycles. The Morgan fingerprint density at radius 1 is 1.00 bits per heavy atom. The number of thioether (sulfide) groups is 1. The lowest BCUT2D eigenvalue weighted by molar-refractivity contribution is -0.137. The van der Waals surface area contributed by atoms with E-state index in [1.807, 2.05) is 27.7 Å². The summed E-state index contributed by atoms with van der Waals surface area (Å²) in [6.45, 7) is 7.48. The van der Waals surface area contributed by atoms with Gasteiger partial charge in [0.15, 0.2) is 0 Å². The first-order valence-electron chi connectivity index (χ1n) is 6.58. The molecule has 7 heteroatoms. The third kappa shape index (κ3) is 3.25. The summed E-state index contributed by atoms with van der Waals surface area (Å²) in [5.41, 5.74) is -1.44. The van der Waals surface area contributed by atoms with E-state index < -0.39 is 30.1 Å². The maximum absolute atomic E-state index is 13.0. The van der Waals surface area contributed by atoms with Crippen molar-refractivity contribution in [2.75, 3.05) is 6.26 Å². The predicted octanol–water partition coefficient (Wildman–Crippen LogP) is 3.73. The van der Waals surface area contributed by atoms with Gasteiger partial charge in [-0.25, -0.2) is 0 Å². The predicted molar refractivity (Wildman–Crippen MR) is 78.9 cm³/mol. The van der Waals surface area contributed by atoms with Crippen molar-refractivity contribution in [2.45, 2.75) is 50.0 Å². The molecule has 116 valence electrons. The van der Waals surface area contributed by atoms with Crippen LogP contribution in [0.3, 0.4) is 0 Å². The van der Waals surface area contributed by atoms with Gasteiger partial charge < -0.3 is 9.31 Å². The molecule has 1 fully saturated rings. The summed E-state index contributed by atoms with van der Waals surface area (Å²) in [6.07, 6.45) is -2.65. The third-order valence-electron chi connectivity index (χ3n) is 4.02. The van der Waals surface area contributed by atoms with E-state index in [4.69, 9.17) is 9.31 Å². The first-order chi connectivity index (χ1) is 9.46. The van der Waals surface area contributed by atoms with E-state index in [1.54, 1.807) is 12.3 Å². The van der Waals surface area contributed by atoms with E-state index in [1.165, 1.54) is 11.8 Å². The van der Waals surface area contributed by atoms with E-state index in [2.05, 4.69) is 0 Å². The quantitative estimate of drug-likeness (QED) is 0.611. The Labute approximate surface area is 127 Å². The summed E-state index contributed by atoms with van der Waals surface area (Å²) in [7, 11) is -0.789. The number of hydrogen-bond acceptors (Lipinski definition) is 3. The Morgan fingerprint density at radius 2 is 1.52 bits per heavy atom. The zero-order valence-electron chi connectivity index (χ0n) is 12.7. The molecule has 0 N–H and O–H groups in total. The van der Waals surface area contributed by atoms with Gasteiger partial charge in [-0.2, -0.15) is 13.2 Å². The fraction of sp³-hybridized carbons (Fsp3) is 0.571. The second kappa shape index (κ2) is 5.21.